The Balaban J connectivity index is 1.88. The maximum Gasteiger partial charge on any atom is 0.407 e. The highest BCUT2D eigenvalue weighted by atomic mass is 79.9. The van der Waals surface area contributed by atoms with Gasteiger partial charge in [0.1, 0.15) is 15.1 Å². The lowest BCUT2D eigenvalue weighted by atomic mass is 10.1. The summed E-state index contributed by atoms with van der Waals surface area (Å²) < 4.78 is 5.61. The van der Waals surface area contributed by atoms with Gasteiger partial charge in [-0.3, -0.25) is 0 Å². The molecule has 0 unspecified atom stereocenters. The number of halogens is 1. The summed E-state index contributed by atoms with van der Waals surface area (Å²) in [4.78, 5) is 29.3. The molecule has 0 aliphatic carbocycles. The number of nitrogens with one attached hydrogen (secondary N) is 1. The number of carboxylic acids is 1. The van der Waals surface area contributed by atoms with Gasteiger partial charge in [0, 0.05) is 19.1 Å². The standard InChI is InChI=1S/C14H20BrN3O4S/c1-14(2,3)22-13(21)16-8-4-6-18(7-5-8)12-17-10(15)9(23-12)11(19)20/h8H,4-7H2,1-3H3,(H,16,21)(H,19,20). The van der Waals surface area contributed by atoms with E-state index in [4.69, 9.17) is 9.84 Å². The fourth-order valence-corrected chi connectivity index (χ4v) is 3.79. The first-order valence-electron chi connectivity index (χ1n) is 7.30. The molecule has 1 fully saturated rings. The van der Waals surface area contributed by atoms with Crippen molar-refractivity contribution < 1.29 is 19.4 Å². The van der Waals surface area contributed by atoms with E-state index in [2.05, 4.69) is 26.2 Å². The third-order valence-electron chi connectivity index (χ3n) is 3.26. The molecule has 128 valence electrons. The molecular formula is C14H20BrN3O4S. The van der Waals surface area contributed by atoms with Crippen LogP contribution in [0.2, 0.25) is 0 Å². The van der Waals surface area contributed by atoms with Gasteiger partial charge in [0.25, 0.3) is 0 Å². The van der Waals surface area contributed by atoms with Crippen molar-refractivity contribution in [3.8, 4) is 0 Å². The monoisotopic (exact) mass is 405 g/mol. The molecular weight excluding hydrogens is 386 g/mol. The molecule has 7 nitrogen and oxygen atoms in total. The summed E-state index contributed by atoms with van der Waals surface area (Å²) in [5.74, 6) is -0.984. The second-order valence-corrected chi connectivity index (χ2v) is 8.06. The Hall–Kier alpha value is -1.35. The zero-order chi connectivity index (χ0) is 17.2. The fourth-order valence-electron chi connectivity index (χ4n) is 2.25. The van der Waals surface area contributed by atoms with Crippen LogP contribution in [0.5, 0.6) is 0 Å². The molecule has 1 aromatic rings. The van der Waals surface area contributed by atoms with Gasteiger partial charge in [0.05, 0.1) is 0 Å². The molecule has 2 rings (SSSR count). The van der Waals surface area contributed by atoms with E-state index >= 15 is 0 Å². The largest absolute Gasteiger partial charge is 0.477 e. The molecule has 0 radical (unpaired) electrons. The van der Waals surface area contributed by atoms with E-state index in [1.165, 1.54) is 0 Å². The Morgan fingerprint density at radius 2 is 2.00 bits per heavy atom. The van der Waals surface area contributed by atoms with Gasteiger partial charge in [-0.1, -0.05) is 11.3 Å². The van der Waals surface area contributed by atoms with Gasteiger partial charge in [-0.2, -0.15) is 0 Å². The number of carboxylic acid groups (broad SMARTS) is 1. The first kappa shape index (κ1) is 18.0. The molecule has 1 amide bonds. The van der Waals surface area contributed by atoms with E-state index in [1.807, 2.05) is 25.7 Å². The predicted molar refractivity (Wildman–Crippen MR) is 91.4 cm³/mol. The third kappa shape index (κ3) is 5.07. The molecule has 0 spiro atoms. The van der Waals surface area contributed by atoms with Crippen LogP contribution < -0.4 is 10.2 Å². The Morgan fingerprint density at radius 3 is 2.48 bits per heavy atom. The molecule has 0 saturated carbocycles. The summed E-state index contributed by atoms with van der Waals surface area (Å²) in [6, 6.07) is 0.0587. The number of alkyl carbamates (subject to hydrolysis) is 1. The first-order valence-corrected chi connectivity index (χ1v) is 8.91. The van der Waals surface area contributed by atoms with Crippen LogP contribution in [0.25, 0.3) is 0 Å². The lowest BCUT2D eigenvalue weighted by Gasteiger charge is -2.32. The maximum atomic E-state index is 11.8. The summed E-state index contributed by atoms with van der Waals surface area (Å²) in [7, 11) is 0. The van der Waals surface area contributed by atoms with Gasteiger partial charge in [-0.15, -0.1) is 0 Å². The van der Waals surface area contributed by atoms with Crippen molar-refractivity contribution in [3.63, 3.8) is 0 Å². The fraction of sp³-hybridized carbons (Fsp3) is 0.643. The molecule has 0 aromatic carbocycles. The lowest BCUT2D eigenvalue weighted by Crippen LogP contribution is -2.46. The first-order chi connectivity index (χ1) is 10.7. The van der Waals surface area contributed by atoms with Gasteiger partial charge in [-0.05, 0) is 49.5 Å². The van der Waals surface area contributed by atoms with Crippen molar-refractivity contribution in [1.29, 1.82) is 0 Å². The van der Waals surface area contributed by atoms with Gasteiger partial charge in [0.2, 0.25) is 0 Å². The molecule has 2 N–H and O–H groups in total. The van der Waals surface area contributed by atoms with Crippen LogP contribution in [0.4, 0.5) is 9.93 Å². The smallest absolute Gasteiger partial charge is 0.407 e. The van der Waals surface area contributed by atoms with Crippen LogP contribution in [0.3, 0.4) is 0 Å². The number of carbonyl (C=O) groups is 2. The van der Waals surface area contributed by atoms with E-state index in [-0.39, 0.29) is 10.9 Å². The highest BCUT2D eigenvalue weighted by Gasteiger charge is 2.26. The lowest BCUT2D eigenvalue weighted by molar-refractivity contribution is 0.0496. The molecule has 1 saturated heterocycles. The average Bonchev–Trinajstić information content (AvgIpc) is 2.79. The minimum atomic E-state index is -0.984. The second kappa shape index (κ2) is 7.04. The topological polar surface area (TPSA) is 91.8 Å². The number of amides is 1. The number of piperidine rings is 1. The highest BCUT2D eigenvalue weighted by molar-refractivity contribution is 9.10. The van der Waals surface area contributed by atoms with Crippen molar-refractivity contribution in [3.05, 3.63) is 9.48 Å². The van der Waals surface area contributed by atoms with Crippen molar-refractivity contribution in [2.24, 2.45) is 0 Å². The van der Waals surface area contributed by atoms with Crippen molar-refractivity contribution >= 4 is 44.5 Å². The van der Waals surface area contributed by atoms with E-state index < -0.39 is 17.7 Å². The van der Waals surface area contributed by atoms with Crippen LogP contribution in [-0.4, -0.2) is 46.9 Å². The number of carbonyl (C=O) groups excluding carboxylic acids is 1. The van der Waals surface area contributed by atoms with E-state index in [0.717, 1.165) is 24.2 Å². The number of thiazole rings is 1. The summed E-state index contributed by atoms with van der Waals surface area (Å²) >= 11 is 4.33. The van der Waals surface area contributed by atoms with Crippen LogP contribution in [0.15, 0.2) is 4.60 Å². The normalized spacial score (nSPS) is 16.3. The third-order valence-corrected chi connectivity index (χ3v) is 5.20. The highest BCUT2D eigenvalue weighted by Crippen LogP contribution is 2.31. The summed E-state index contributed by atoms with van der Waals surface area (Å²) in [5, 5.41) is 12.6. The molecule has 0 atom stereocenters. The minimum Gasteiger partial charge on any atom is -0.477 e. The Kier molecular flexibility index (Phi) is 5.51. The number of anilines is 1. The zero-order valence-corrected chi connectivity index (χ0v) is 15.7. The SMILES string of the molecule is CC(C)(C)OC(=O)NC1CCN(c2nc(Br)c(C(=O)O)s2)CC1. The minimum absolute atomic E-state index is 0.0587. The molecule has 1 aliphatic rings. The predicted octanol–water partition coefficient (Wildman–Crippen LogP) is 3.10. The Bertz CT molecular complexity index is 591. The van der Waals surface area contributed by atoms with E-state index in [1.54, 1.807) is 0 Å². The number of hydrogen-bond donors (Lipinski definition) is 2. The van der Waals surface area contributed by atoms with Gasteiger partial charge in [-0.25, -0.2) is 14.6 Å². The van der Waals surface area contributed by atoms with Gasteiger partial charge >= 0.3 is 12.1 Å². The molecule has 2 heterocycles. The number of aromatic nitrogens is 1. The van der Waals surface area contributed by atoms with Crippen LogP contribution in [-0.2, 0) is 4.74 Å². The van der Waals surface area contributed by atoms with Crippen molar-refractivity contribution in [2.75, 3.05) is 18.0 Å². The second-order valence-electron chi connectivity index (χ2n) is 6.33. The van der Waals surface area contributed by atoms with Crippen LogP contribution in [0, 0.1) is 0 Å². The Morgan fingerprint density at radius 1 is 1.39 bits per heavy atom. The average molecular weight is 406 g/mol. The van der Waals surface area contributed by atoms with Crippen molar-refractivity contribution in [2.45, 2.75) is 45.3 Å². The summed E-state index contributed by atoms with van der Waals surface area (Å²) in [6.45, 7) is 6.90. The Labute approximate surface area is 147 Å². The molecule has 0 bridgehead atoms. The zero-order valence-electron chi connectivity index (χ0n) is 13.3. The van der Waals surface area contributed by atoms with E-state index in [9.17, 15) is 9.59 Å². The number of rotatable bonds is 3. The number of aromatic carboxylic acids is 1. The molecule has 9 heteroatoms. The summed E-state index contributed by atoms with van der Waals surface area (Å²) in [5.41, 5.74) is -0.509. The van der Waals surface area contributed by atoms with Gasteiger partial charge in [0.15, 0.2) is 5.13 Å². The van der Waals surface area contributed by atoms with E-state index in [0.29, 0.717) is 22.8 Å². The van der Waals surface area contributed by atoms with Crippen LogP contribution >= 0.6 is 27.3 Å². The molecule has 1 aromatic heterocycles. The summed E-state index contributed by atoms with van der Waals surface area (Å²) in [6.07, 6.45) is 1.12. The number of ether oxygens (including phenoxy) is 1. The van der Waals surface area contributed by atoms with Crippen LogP contribution in [0.1, 0.15) is 43.3 Å². The van der Waals surface area contributed by atoms with Crippen molar-refractivity contribution in [1.82, 2.24) is 10.3 Å². The maximum absolute atomic E-state index is 11.8. The number of hydrogen-bond acceptors (Lipinski definition) is 6. The van der Waals surface area contributed by atoms with Gasteiger partial charge < -0.3 is 20.1 Å². The molecule has 1 aliphatic heterocycles. The number of nitrogens with zero attached hydrogens (tertiary/aromatic N) is 2. The molecule has 23 heavy (non-hydrogen) atoms. The quantitative estimate of drug-likeness (QED) is 0.802.